The second-order valence-electron chi connectivity index (χ2n) is 9.99. The van der Waals surface area contributed by atoms with E-state index in [1.54, 1.807) is 12.3 Å². The normalized spacial score (nSPS) is 18.5. The molecule has 0 radical (unpaired) electrons. The van der Waals surface area contributed by atoms with Crippen LogP contribution in [0.25, 0.3) is 11.0 Å². The molecule has 4 aromatic rings. The molecule has 2 aliphatic heterocycles. The van der Waals surface area contributed by atoms with E-state index in [1.807, 2.05) is 4.57 Å². The summed E-state index contributed by atoms with van der Waals surface area (Å²) in [6.07, 6.45) is 2.98. The highest BCUT2D eigenvalue weighted by Crippen LogP contribution is 2.27. The van der Waals surface area contributed by atoms with Crippen LogP contribution in [-0.4, -0.2) is 67.4 Å². The summed E-state index contributed by atoms with van der Waals surface area (Å²) in [4.78, 5) is 26.8. The van der Waals surface area contributed by atoms with Gasteiger partial charge < -0.3 is 23.9 Å². The van der Waals surface area contributed by atoms with Crippen molar-refractivity contribution in [3.05, 3.63) is 76.5 Å². The molecule has 2 fully saturated rings. The number of nitrogens with zero attached hydrogens (tertiary/aromatic N) is 5. The summed E-state index contributed by atoms with van der Waals surface area (Å²) in [5.41, 5.74) is 0.458. The zero-order valence-corrected chi connectivity index (χ0v) is 24.1. The third-order valence-electron chi connectivity index (χ3n) is 7.13. The number of hydrogen-bond donors (Lipinski definition) is 1. The fraction of sp³-hybridized carbons (Fsp3) is 0.357. The Balaban J connectivity index is 0.00000353. The van der Waals surface area contributed by atoms with Crippen LogP contribution in [0.15, 0.2) is 42.6 Å². The zero-order valence-electron chi connectivity index (χ0n) is 22.3. The number of likely N-dealkylation sites (tertiary alicyclic amines) is 1. The maximum absolute atomic E-state index is 14.8. The average Bonchev–Trinajstić information content (AvgIpc) is 3.50. The van der Waals surface area contributed by atoms with E-state index >= 15 is 0 Å². The van der Waals surface area contributed by atoms with Gasteiger partial charge in [-0.2, -0.15) is 18.5 Å². The molecule has 0 bridgehead atoms. The summed E-state index contributed by atoms with van der Waals surface area (Å²) in [7, 11) is 0. The average molecular weight is 620 g/mol. The van der Waals surface area contributed by atoms with E-state index in [9.17, 15) is 18.7 Å². The fourth-order valence-electron chi connectivity index (χ4n) is 4.97. The summed E-state index contributed by atoms with van der Waals surface area (Å²) < 4.78 is 47.9. The lowest BCUT2D eigenvalue weighted by Gasteiger charge is -2.28. The predicted octanol–water partition coefficient (Wildman–Crippen LogP) is 4.59. The minimum atomic E-state index is -1.20. The first kappa shape index (κ1) is 30.0. The Labute approximate surface area is 251 Å². The molecule has 4 heterocycles. The number of rotatable bonds is 10. The Kier molecular flexibility index (Phi) is 9.11. The van der Waals surface area contributed by atoms with Crippen molar-refractivity contribution in [3.63, 3.8) is 0 Å². The van der Waals surface area contributed by atoms with Crippen molar-refractivity contribution in [2.45, 2.75) is 44.7 Å². The van der Waals surface area contributed by atoms with Crippen LogP contribution in [0.3, 0.4) is 0 Å². The summed E-state index contributed by atoms with van der Waals surface area (Å²) in [5.74, 6) is -1.05. The number of imidazole rings is 1. The molecule has 222 valence electrons. The summed E-state index contributed by atoms with van der Waals surface area (Å²) in [5, 5.41) is 9.70. The molecule has 1 N–H and O–H groups in total. The molecule has 2 aromatic heterocycles. The van der Waals surface area contributed by atoms with Gasteiger partial charge in [0.2, 0.25) is 5.88 Å². The summed E-state index contributed by atoms with van der Waals surface area (Å²) in [6, 6.07) is 8.26. The van der Waals surface area contributed by atoms with E-state index in [4.69, 9.17) is 25.8 Å². The van der Waals surface area contributed by atoms with Gasteiger partial charge in [0.1, 0.15) is 24.1 Å². The number of fused-ring (bicyclic) bond motifs is 1. The fourth-order valence-corrected chi connectivity index (χ4v) is 5.13. The maximum atomic E-state index is 14.8. The zero-order chi connectivity index (χ0) is 28.5. The Hall–Kier alpha value is -3.52. The number of ether oxygens (including phenoxy) is 3. The Morgan fingerprint density at radius 1 is 1.14 bits per heavy atom. The van der Waals surface area contributed by atoms with Crippen LogP contribution in [0, 0.1) is 11.6 Å². The highest BCUT2D eigenvalue weighted by molar-refractivity contribution is 7.59. The largest absolute Gasteiger partial charge is 0.483 e. The molecule has 2 atom stereocenters. The lowest BCUT2D eigenvalue weighted by molar-refractivity contribution is -0.0591. The van der Waals surface area contributed by atoms with E-state index in [-0.39, 0.29) is 54.2 Å². The second kappa shape index (κ2) is 12.8. The Bertz CT molecular complexity index is 1600. The summed E-state index contributed by atoms with van der Waals surface area (Å²) >= 11 is 5.78. The number of benzene rings is 2. The van der Waals surface area contributed by atoms with Gasteiger partial charge >= 0.3 is 5.97 Å². The van der Waals surface area contributed by atoms with Crippen LogP contribution in [-0.2, 0) is 24.4 Å². The quantitative estimate of drug-likeness (QED) is 0.272. The van der Waals surface area contributed by atoms with Crippen molar-refractivity contribution in [2.75, 3.05) is 19.7 Å². The van der Waals surface area contributed by atoms with Gasteiger partial charge in [0.25, 0.3) is 0 Å². The standard InChI is InChI=1S/C28H26ClF2N5O5.H2S/c29-17-1-2-23(20(30)11-17)40-15-24-32-6-3-26(33-24)41-19-4-7-35(12-19)14-25-34-27-21(31)9-16(28(37)38)10-22(27)36(25)13-18-5-8-39-18;/h1-3,6,9-11,18-19H,4-5,7-8,12-15H2,(H,37,38);1H2/t18?,19-;/m0./s1. The van der Waals surface area contributed by atoms with Crippen molar-refractivity contribution < 1.29 is 32.9 Å². The van der Waals surface area contributed by atoms with Gasteiger partial charge in [0.15, 0.2) is 23.2 Å². The van der Waals surface area contributed by atoms with Gasteiger partial charge in [-0.1, -0.05) is 11.6 Å². The lowest BCUT2D eigenvalue weighted by atomic mass is 10.1. The number of halogens is 3. The van der Waals surface area contributed by atoms with E-state index in [0.717, 1.165) is 18.9 Å². The molecular formula is C28H28ClF2N5O5S. The predicted molar refractivity (Wildman–Crippen MR) is 153 cm³/mol. The number of aromatic nitrogens is 4. The molecule has 0 aliphatic carbocycles. The Morgan fingerprint density at radius 2 is 1.98 bits per heavy atom. The molecule has 42 heavy (non-hydrogen) atoms. The van der Waals surface area contributed by atoms with Crippen LogP contribution in [0.4, 0.5) is 8.78 Å². The van der Waals surface area contributed by atoms with Crippen LogP contribution in [0.1, 0.15) is 34.8 Å². The van der Waals surface area contributed by atoms with Gasteiger partial charge in [-0.05, 0) is 43.2 Å². The summed E-state index contributed by atoms with van der Waals surface area (Å²) in [6.45, 7) is 2.81. The number of aromatic carboxylic acids is 1. The minimum Gasteiger partial charge on any atom is -0.483 e. The van der Waals surface area contributed by atoms with Crippen molar-refractivity contribution in [1.82, 2.24) is 24.4 Å². The van der Waals surface area contributed by atoms with Crippen LogP contribution < -0.4 is 9.47 Å². The van der Waals surface area contributed by atoms with E-state index in [1.165, 1.54) is 24.3 Å². The SMILES string of the molecule is O=C(O)c1cc(F)c2nc(CN3CC[C@H](Oc4ccnc(COc5ccc(Cl)cc5F)n4)C3)n(CC3CCO3)c2c1.S. The first-order chi connectivity index (χ1) is 19.8. The highest BCUT2D eigenvalue weighted by Gasteiger charge is 2.28. The molecule has 1 unspecified atom stereocenters. The van der Waals surface area contributed by atoms with Gasteiger partial charge in [-0.15, -0.1) is 0 Å². The van der Waals surface area contributed by atoms with Crippen LogP contribution in [0.2, 0.25) is 5.02 Å². The second-order valence-corrected chi connectivity index (χ2v) is 10.4. The maximum Gasteiger partial charge on any atom is 0.335 e. The third kappa shape index (κ3) is 6.59. The Morgan fingerprint density at radius 3 is 2.71 bits per heavy atom. The molecule has 2 aromatic carbocycles. The minimum absolute atomic E-state index is 0. The van der Waals surface area contributed by atoms with Crippen LogP contribution in [0.5, 0.6) is 11.6 Å². The topological polar surface area (TPSA) is 112 Å². The van der Waals surface area contributed by atoms with Crippen molar-refractivity contribution in [3.8, 4) is 11.6 Å². The number of carboxylic acids is 1. The molecule has 14 heteroatoms. The van der Waals surface area contributed by atoms with Gasteiger partial charge in [-0.3, -0.25) is 4.90 Å². The number of carbonyl (C=O) groups is 1. The van der Waals surface area contributed by atoms with Crippen molar-refractivity contribution in [2.24, 2.45) is 0 Å². The molecule has 2 saturated heterocycles. The highest BCUT2D eigenvalue weighted by atomic mass is 35.5. The van der Waals surface area contributed by atoms with E-state index in [0.29, 0.717) is 55.8 Å². The van der Waals surface area contributed by atoms with E-state index in [2.05, 4.69) is 19.9 Å². The van der Waals surface area contributed by atoms with Crippen molar-refractivity contribution >= 4 is 42.1 Å². The number of hydrogen-bond acceptors (Lipinski definition) is 8. The van der Waals surface area contributed by atoms with Gasteiger partial charge in [0, 0.05) is 37.0 Å². The lowest BCUT2D eigenvalue weighted by Crippen LogP contribution is -2.33. The van der Waals surface area contributed by atoms with Gasteiger partial charge in [-0.25, -0.2) is 23.5 Å². The molecule has 6 rings (SSSR count). The molecule has 0 saturated carbocycles. The van der Waals surface area contributed by atoms with Crippen molar-refractivity contribution in [1.29, 1.82) is 0 Å². The van der Waals surface area contributed by atoms with Gasteiger partial charge in [0.05, 0.1) is 30.3 Å². The molecule has 0 amide bonds. The third-order valence-corrected chi connectivity index (χ3v) is 7.36. The molecule has 0 spiro atoms. The number of carboxylic acid groups (broad SMARTS) is 1. The van der Waals surface area contributed by atoms with Crippen LogP contribution >= 0.6 is 25.1 Å². The molecule has 10 nitrogen and oxygen atoms in total. The molecular weight excluding hydrogens is 592 g/mol. The molecule has 2 aliphatic rings. The smallest absolute Gasteiger partial charge is 0.335 e. The first-order valence-electron chi connectivity index (χ1n) is 13.1. The van der Waals surface area contributed by atoms with E-state index < -0.39 is 17.6 Å². The monoisotopic (exact) mass is 619 g/mol. The first-order valence-corrected chi connectivity index (χ1v) is 13.5.